The van der Waals surface area contributed by atoms with Crippen LogP contribution in [0, 0.1) is 0 Å². The number of likely N-dealkylation sites (N-methyl/N-ethyl adjacent to an activating group) is 1. The second-order valence-corrected chi connectivity index (χ2v) is 4.04. The fraction of sp³-hybridized carbons (Fsp3) is 0.800. The maximum Gasteiger partial charge on any atom is 0.108 e. The molecule has 0 radical (unpaired) electrons. The molecule has 84 valence electrons. The van der Waals surface area contributed by atoms with Crippen molar-refractivity contribution in [3.8, 4) is 0 Å². The van der Waals surface area contributed by atoms with E-state index in [4.69, 9.17) is 5.11 Å². The Kier molecular flexibility index (Phi) is 3.33. The van der Waals surface area contributed by atoms with Gasteiger partial charge in [0.05, 0.1) is 18.8 Å². The number of likely N-dealkylation sites (tertiary alicyclic amines) is 1. The van der Waals surface area contributed by atoms with Gasteiger partial charge in [0.1, 0.15) is 5.69 Å². The minimum Gasteiger partial charge on any atom is -0.390 e. The molecule has 1 saturated heterocycles. The van der Waals surface area contributed by atoms with Crippen LogP contribution in [0.2, 0.25) is 0 Å². The first-order valence-electron chi connectivity index (χ1n) is 5.57. The summed E-state index contributed by atoms with van der Waals surface area (Å²) >= 11 is 0. The van der Waals surface area contributed by atoms with Crippen LogP contribution in [0.15, 0.2) is 6.20 Å². The summed E-state index contributed by atoms with van der Waals surface area (Å²) in [5, 5.41) is 16.9. The first kappa shape index (κ1) is 10.6. The highest BCUT2D eigenvalue weighted by Crippen LogP contribution is 2.20. The van der Waals surface area contributed by atoms with Crippen LogP contribution in [-0.2, 0) is 6.61 Å². The Morgan fingerprint density at radius 1 is 1.60 bits per heavy atom. The van der Waals surface area contributed by atoms with E-state index in [9.17, 15) is 0 Å². The predicted octanol–water partition coefficient (Wildman–Crippen LogP) is 0.427. The van der Waals surface area contributed by atoms with Gasteiger partial charge in [-0.25, -0.2) is 4.68 Å². The highest BCUT2D eigenvalue weighted by molar-refractivity contribution is 4.91. The van der Waals surface area contributed by atoms with Gasteiger partial charge in [0, 0.05) is 6.54 Å². The largest absolute Gasteiger partial charge is 0.390 e. The summed E-state index contributed by atoms with van der Waals surface area (Å²) in [6.07, 6.45) is 4.22. The maximum atomic E-state index is 8.92. The number of aliphatic hydroxyl groups excluding tert-OH is 1. The molecule has 5 heteroatoms. The second-order valence-electron chi connectivity index (χ2n) is 4.04. The Hall–Kier alpha value is -0.940. The smallest absolute Gasteiger partial charge is 0.108 e. The van der Waals surface area contributed by atoms with E-state index < -0.39 is 0 Å². The lowest BCUT2D eigenvalue weighted by atomic mass is 10.1. The van der Waals surface area contributed by atoms with Gasteiger partial charge < -0.3 is 10.0 Å². The predicted molar refractivity (Wildman–Crippen MR) is 56.3 cm³/mol. The number of nitrogens with zero attached hydrogens (tertiary/aromatic N) is 4. The highest BCUT2D eigenvalue weighted by Gasteiger charge is 2.20. The molecule has 0 spiro atoms. The fourth-order valence-corrected chi connectivity index (χ4v) is 2.10. The minimum atomic E-state index is -0.0236. The first-order valence-corrected chi connectivity index (χ1v) is 5.57. The third-order valence-corrected chi connectivity index (χ3v) is 3.02. The Morgan fingerprint density at radius 3 is 3.13 bits per heavy atom. The number of piperidine rings is 1. The van der Waals surface area contributed by atoms with Crippen molar-refractivity contribution in [2.45, 2.75) is 32.4 Å². The van der Waals surface area contributed by atoms with E-state index in [-0.39, 0.29) is 6.61 Å². The number of aliphatic hydroxyl groups is 1. The quantitative estimate of drug-likeness (QED) is 0.786. The molecule has 1 unspecified atom stereocenters. The molecule has 5 nitrogen and oxygen atoms in total. The molecule has 0 bridgehead atoms. The van der Waals surface area contributed by atoms with Crippen LogP contribution in [0.3, 0.4) is 0 Å². The van der Waals surface area contributed by atoms with E-state index in [1.807, 2.05) is 10.9 Å². The molecule has 0 aromatic carbocycles. The van der Waals surface area contributed by atoms with Crippen molar-refractivity contribution >= 4 is 0 Å². The fourth-order valence-electron chi connectivity index (χ4n) is 2.10. The Morgan fingerprint density at radius 2 is 2.47 bits per heavy atom. The third-order valence-electron chi connectivity index (χ3n) is 3.02. The average Bonchev–Trinajstić information content (AvgIpc) is 2.78. The lowest BCUT2D eigenvalue weighted by molar-refractivity contribution is 0.176. The van der Waals surface area contributed by atoms with Gasteiger partial charge >= 0.3 is 0 Å². The molecule has 0 saturated carbocycles. The van der Waals surface area contributed by atoms with Crippen LogP contribution in [0.1, 0.15) is 31.5 Å². The van der Waals surface area contributed by atoms with Crippen molar-refractivity contribution in [1.29, 1.82) is 0 Å². The van der Waals surface area contributed by atoms with Crippen molar-refractivity contribution in [3.05, 3.63) is 11.9 Å². The summed E-state index contributed by atoms with van der Waals surface area (Å²) in [6, 6.07) is 0.423. The molecule has 1 N–H and O–H groups in total. The van der Waals surface area contributed by atoms with E-state index in [1.54, 1.807) is 0 Å². The molecular formula is C10H18N4O. The summed E-state index contributed by atoms with van der Waals surface area (Å²) in [5.74, 6) is 0. The number of aromatic nitrogens is 3. The topological polar surface area (TPSA) is 54.2 Å². The SMILES string of the molecule is CCN1CCCC(n2cc(CO)nn2)C1. The molecule has 2 heterocycles. The number of rotatable bonds is 3. The first-order chi connectivity index (χ1) is 7.33. The van der Waals surface area contributed by atoms with Gasteiger partial charge in [-0.3, -0.25) is 0 Å². The van der Waals surface area contributed by atoms with Crippen molar-refractivity contribution in [2.24, 2.45) is 0 Å². The molecule has 1 aromatic heterocycles. The van der Waals surface area contributed by atoms with Crippen molar-refractivity contribution in [1.82, 2.24) is 19.9 Å². The van der Waals surface area contributed by atoms with Crippen LogP contribution < -0.4 is 0 Å². The van der Waals surface area contributed by atoms with Crippen LogP contribution in [0.5, 0.6) is 0 Å². The second kappa shape index (κ2) is 4.72. The number of hydrogen-bond donors (Lipinski definition) is 1. The normalized spacial score (nSPS) is 23.2. The van der Waals surface area contributed by atoms with E-state index in [1.165, 1.54) is 13.0 Å². The molecular weight excluding hydrogens is 192 g/mol. The van der Waals surface area contributed by atoms with Gasteiger partial charge in [0.2, 0.25) is 0 Å². The van der Waals surface area contributed by atoms with E-state index >= 15 is 0 Å². The maximum absolute atomic E-state index is 8.92. The standard InChI is InChI=1S/C10H18N4O/c1-2-13-5-3-4-10(7-13)14-6-9(8-15)11-12-14/h6,10,15H,2-5,7-8H2,1H3. The van der Waals surface area contributed by atoms with Crippen LogP contribution >= 0.6 is 0 Å². The average molecular weight is 210 g/mol. The molecule has 1 aromatic rings. The van der Waals surface area contributed by atoms with Crippen molar-refractivity contribution < 1.29 is 5.11 Å². The zero-order valence-corrected chi connectivity index (χ0v) is 9.13. The zero-order chi connectivity index (χ0) is 10.7. The lowest BCUT2D eigenvalue weighted by Gasteiger charge is -2.31. The summed E-state index contributed by atoms with van der Waals surface area (Å²) in [5.41, 5.74) is 0.656. The van der Waals surface area contributed by atoms with Gasteiger partial charge in [0.15, 0.2) is 0 Å². The van der Waals surface area contributed by atoms with E-state index in [0.717, 1.165) is 19.5 Å². The van der Waals surface area contributed by atoms with E-state index in [0.29, 0.717) is 11.7 Å². The molecule has 1 aliphatic heterocycles. The summed E-state index contributed by atoms with van der Waals surface area (Å²) in [7, 11) is 0. The third kappa shape index (κ3) is 2.35. The Balaban J connectivity index is 2.03. The molecule has 2 rings (SSSR count). The molecule has 1 atom stereocenters. The molecule has 1 aliphatic rings. The summed E-state index contributed by atoms with van der Waals surface area (Å²) in [4.78, 5) is 2.43. The van der Waals surface area contributed by atoms with E-state index in [2.05, 4.69) is 22.1 Å². The lowest BCUT2D eigenvalue weighted by Crippen LogP contribution is -2.36. The summed E-state index contributed by atoms with van der Waals surface area (Å²) < 4.78 is 1.90. The highest BCUT2D eigenvalue weighted by atomic mass is 16.3. The van der Waals surface area contributed by atoms with Crippen LogP contribution in [-0.4, -0.2) is 44.6 Å². The van der Waals surface area contributed by atoms with Gasteiger partial charge in [-0.15, -0.1) is 5.10 Å². The van der Waals surface area contributed by atoms with Gasteiger partial charge in [0.25, 0.3) is 0 Å². The van der Waals surface area contributed by atoms with Gasteiger partial charge in [-0.1, -0.05) is 12.1 Å². The molecule has 0 amide bonds. The van der Waals surface area contributed by atoms with Crippen LogP contribution in [0.25, 0.3) is 0 Å². The molecule has 15 heavy (non-hydrogen) atoms. The monoisotopic (exact) mass is 210 g/mol. The minimum absolute atomic E-state index is 0.0236. The van der Waals surface area contributed by atoms with Crippen LogP contribution in [0.4, 0.5) is 0 Å². The molecule has 1 fully saturated rings. The van der Waals surface area contributed by atoms with Crippen molar-refractivity contribution in [2.75, 3.05) is 19.6 Å². The van der Waals surface area contributed by atoms with Gasteiger partial charge in [-0.2, -0.15) is 0 Å². The Labute approximate surface area is 89.7 Å². The Bertz CT molecular complexity index is 312. The summed E-state index contributed by atoms with van der Waals surface area (Å²) in [6.45, 7) is 5.49. The van der Waals surface area contributed by atoms with Gasteiger partial charge in [-0.05, 0) is 25.9 Å². The number of hydrogen-bond acceptors (Lipinski definition) is 4. The zero-order valence-electron chi connectivity index (χ0n) is 9.13. The van der Waals surface area contributed by atoms with Crippen molar-refractivity contribution in [3.63, 3.8) is 0 Å². The molecule has 0 aliphatic carbocycles.